The van der Waals surface area contributed by atoms with Crippen LogP contribution >= 0.6 is 15.9 Å². The van der Waals surface area contributed by atoms with Crippen LogP contribution in [0.1, 0.15) is 5.56 Å². The van der Waals surface area contributed by atoms with Gasteiger partial charge in [0.05, 0.1) is 0 Å². The van der Waals surface area contributed by atoms with Gasteiger partial charge >= 0.3 is 0 Å². The Labute approximate surface area is 114 Å². The lowest BCUT2D eigenvalue weighted by Crippen LogP contribution is -2.06. The monoisotopic (exact) mass is 309 g/mol. The van der Waals surface area contributed by atoms with Gasteiger partial charge in [0.2, 0.25) is 0 Å². The zero-order valence-electron chi connectivity index (χ0n) is 9.70. The minimum atomic E-state index is -0.284. The molecule has 0 amide bonds. The number of halogens is 2. The standard InChI is InChI=1S/C14H13BrFNO/c15-10-3-1-4-11(9-10)18-14-6-2-5-13(16)12(14)7-8-17/h1-6,9H,7-8,17H2. The Morgan fingerprint density at radius 3 is 2.67 bits per heavy atom. The van der Waals surface area contributed by atoms with Crippen LogP contribution < -0.4 is 10.5 Å². The van der Waals surface area contributed by atoms with Gasteiger partial charge < -0.3 is 10.5 Å². The quantitative estimate of drug-likeness (QED) is 0.930. The van der Waals surface area contributed by atoms with Gasteiger partial charge in [0.15, 0.2) is 0 Å². The SMILES string of the molecule is NCCc1c(F)cccc1Oc1cccc(Br)c1. The van der Waals surface area contributed by atoms with Gasteiger partial charge in [-0.25, -0.2) is 4.39 Å². The molecule has 0 radical (unpaired) electrons. The molecule has 2 rings (SSSR count). The molecule has 0 spiro atoms. The lowest BCUT2D eigenvalue weighted by atomic mass is 10.1. The van der Waals surface area contributed by atoms with Gasteiger partial charge in [-0.3, -0.25) is 0 Å². The molecule has 18 heavy (non-hydrogen) atoms. The molecule has 0 aromatic heterocycles. The van der Waals surface area contributed by atoms with E-state index in [-0.39, 0.29) is 5.82 Å². The molecule has 0 saturated carbocycles. The molecule has 0 aliphatic carbocycles. The molecule has 2 aromatic rings. The summed E-state index contributed by atoms with van der Waals surface area (Å²) in [5.74, 6) is 0.889. The van der Waals surface area contributed by atoms with Crippen LogP contribution in [0.5, 0.6) is 11.5 Å². The maximum atomic E-state index is 13.7. The molecule has 0 unspecified atom stereocenters. The van der Waals surface area contributed by atoms with Crippen LogP contribution in [0.3, 0.4) is 0 Å². The first-order valence-electron chi connectivity index (χ1n) is 5.61. The summed E-state index contributed by atoms with van der Waals surface area (Å²) in [4.78, 5) is 0. The molecule has 0 aliphatic heterocycles. The summed E-state index contributed by atoms with van der Waals surface area (Å²) < 4.78 is 20.3. The van der Waals surface area contributed by atoms with Gasteiger partial charge in [-0.05, 0) is 43.3 Å². The van der Waals surface area contributed by atoms with E-state index in [1.165, 1.54) is 6.07 Å². The molecular formula is C14H13BrFNO. The van der Waals surface area contributed by atoms with Gasteiger partial charge in [-0.15, -0.1) is 0 Å². The molecule has 0 saturated heterocycles. The van der Waals surface area contributed by atoms with Crippen LogP contribution in [0.25, 0.3) is 0 Å². The molecule has 2 N–H and O–H groups in total. The minimum absolute atomic E-state index is 0.284. The molecular weight excluding hydrogens is 297 g/mol. The zero-order chi connectivity index (χ0) is 13.0. The van der Waals surface area contributed by atoms with E-state index < -0.39 is 0 Å². The lowest BCUT2D eigenvalue weighted by molar-refractivity contribution is 0.467. The van der Waals surface area contributed by atoms with E-state index in [1.807, 2.05) is 24.3 Å². The number of nitrogens with two attached hydrogens (primary N) is 1. The van der Waals surface area contributed by atoms with Crippen LogP contribution in [-0.2, 0) is 6.42 Å². The summed E-state index contributed by atoms with van der Waals surface area (Å²) in [5.41, 5.74) is 6.00. The summed E-state index contributed by atoms with van der Waals surface area (Å²) >= 11 is 3.37. The highest BCUT2D eigenvalue weighted by Crippen LogP contribution is 2.28. The molecule has 0 aliphatic rings. The van der Waals surface area contributed by atoms with Gasteiger partial charge in [0.25, 0.3) is 0 Å². The second-order valence-electron chi connectivity index (χ2n) is 3.81. The van der Waals surface area contributed by atoms with E-state index >= 15 is 0 Å². The first kappa shape index (κ1) is 13.1. The number of rotatable bonds is 4. The van der Waals surface area contributed by atoms with Crippen molar-refractivity contribution in [3.8, 4) is 11.5 Å². The third-order valence-corrected chi connectivity index (χ3v) is 2.99. The fraction of sp³-hybridized carbons (Fsp3) is 0.143. The second-order valence-corrected chi connectivity index (χ2v) is 4.73. The third-order valence-electron chi connectivity index (χ3n) is 2.49. The Kier molecular flexibility index (Phi) is 4.33. The topological polar surface area (TPSA) is 35.2 Å². The highest BCUT2D eigenvalue weighted by molar-refractivity contribution is 9.10. The van der Waals surface area contributed by atoms with E-state index in [1.54, 1.807) is 12.1 Å². The van der Waals surface area contributed by atoms with Crippen LogP contribution in [0.15, 0.2) is 46.9 Å². The second kappa shape index (κ2) is 5.98. The van der Waals surface area contributed by atoms with Crippen molar-refractivity contribution < 1.29 is 9.13 Å². The Morgan fingerprint density at radius 2 is 1.94 bits per heavy atom. The Morgan fingerprint density at radius 1 is 1.17 bits per heavy atom. The molecule has 2 nitrogen and oxygen atoms in total. The van der Waals surface area contributed by atoms with Crippen LogP contribution in [0, 0.1) is 5.82 Å². The predicted molar refractivity (Wildman–Crippen MR) is 73.4 cm³/mol. The van der Waals surface area contributed by atoms with E-state index in [2.05, 4.69) is 15.9 Å². The van der Waals surface area contributed by atoms with Crippen molar-refractivity contribution in [1.29, 1.82) is 0 Å². The van der Waals surface area contributed by atoms with Crippen molar-refractivity contribution in [2.45, 2.75) is 6.42 Å². The van der Waals surface area contributed by atoms with Crippen molar-refractivity contribution >= 4 is 15.9 Å². The van der Waals surface area contributed by atoms with Crippen molar-refractivity contribution in [3.63, 3.8) is 0 Å². The fourth-order valence-electron chi connectivity index (χ4n) is 1.68. The largest absolute Gasteiger partial charge is 0.457 e. The summed E-state index contributed by atoms with van der Waals surface area (Å²) in [5, 5.41) is 0. The molecule has 94 valence electrons. The summed E-state index contributed by atoms with van der Waals surface area (Å²) in [6.07, 6.45) is 0.454. The predicted octanol–water partition coefficient (Wildman–Crippen LogP) is 3.88. The Hall–Kier alpha value is -1.39. The average Bonchev–Trinajstić information content (AvgIpc) is 2.34. The van der Waals surface area contributed by atoms with Gasteiger partial charge in [0.1, 0.15) is 17.3 Å². The highest BCUT2D eigenvalue weighted by atomic mass is 79.9. The van der Waals surface area contributed by atoms with Crippen molar-refractivity contribution in [3.05, 3.63) is 58.3 Å². The average molecular weight is 310 g/mol. The maximum absolute atomic E-state index is 13.7. The summed E-state index contributed by atoms with van der Waals surface area (Å²) in [7, 11) is 0. The number of ether oxygens (including phenoxy) is 1. The first-order valence-corrected chi connectivity index (χ1v) is 6.41. The summed E-state index contributed by atoms with van der Waals surface area (Å²) in [6.45, 7) is 0.385. The first-order chi connectivity index (χ1) is 8.70. The number of hydrogen-bond donors (Lipinski definition) is 1. The molecule has 2 aromatic carbocycles. The van der Waals surface area contributed by atoms with Crippen molar-refractivity contribution in [2.75, 3.05) is 6.54 Å². The van der Waals surface area contributed by atoms with Crippen LogP contribution in [-0.4, -0.2) is 6.54 Å². The summed E-state index contributed by atoms with van der Waals surface area (Å²) in [6, 6.07) is 12.2. The van der Waals surface area contributed by atoms with E-state index in [9.17, 15) is 4.39 Å². The maximum Gasteiger partial charge on any atom is 0.133 e. The molecule has 4 heteroatoms. The highest BCUT2D eigenvalue weighted by Gasteiger charge is 2.09. The fourth-order valence-corrected chi connectivity index (χ4v) is 2.06. The van der Waals surface area contributed by atoms with Crippen LogP contribution in [0.2, 0.25) is 0 Å². The van der Waals surface area contributed by atoms with Gasteiger partial charge in [-0.2, -0.15) is 0 Å². The zero-order valence-corrected chi connectivity index (χ0v) is 11.3. The molecule has 0 heterocycles. The van der Waals surface area contributed by atoms with Crippen molar-refractivity contribution in [1.82, 2.24) is 0 Å². The normalized spacial score (nSPS) is 10.4. The van der Waals surface area contributed by atoms with Gasteiger partial charge in [0, 0.05) is 10.0 Å². The lowest BCUT2D eigenvalue weighted by Gasteiger charge is -2.11. The number of hydrogen-bond acceptors (Lipinski definition) is 2. The van der Waals surface area contributed by atoms with Crippen LogP contribution in [0.4, 0.5) is 4.39 Å². The minimum Gasteiger partial charge on any atom is -0.457 e. The van der Waals surface area contributed by atoms with E-state index in [0.717, 1.165) is 4.47 Å². The van der Waals surface area contributed by atoms with E-state index in [4.69, 9.17) is 10.5 Å². The van der Waals surface area contributed by atoms with Gasteiger partial charge in [-0.1, -0.05) is 28.1 Å². The van der Waals surface area contributed by atoms with Crippen molar-refractivity contribution in [2.24, 2.45) is 5.73 Å². The molecule has 0 bridgehead atoms. The van der Waals surface area contributed by atoms with E-state index in [0.29, 0.717) is 30.0 Å². The molecule has 0 atom stereocenters. The smallest absolute Gasteiger partial charge is 0.133 e. The number of benzene rings is 2. The molecule has 0 fully saturated rings. The Balaban J connectivity index is 2.31. The Bertz CT molecular complexity index is 545. The third kappa shape index (κ3) is 3.09.